The molecule has 0 aliphatic carbocycles. The van der Waals surface area contributed by atoms with Crippen molar-refractivity contribution in [3.8, 4) is 27.9 Å². The van der Waals surface area contributed by atoms with Crippen molar-refractivity contribution in [2.45, 2.75) is 0 Å². The van der Waals surface area contributed by atoms with Gasteiger partial charge in [0.2, 0.25) is 0 Å². The summed E-state index contributed by atoms with van der Waals surface area (Å²) in [5.41, 5.74) is 13.1. The largest absolute Gasteiger partial charge is 0.455 e. The lowest BCUT2D eigenvalue weighted by Crippen LogP contribution is -2.11. The standard InChI is InChI=1S/C56H36N2O/c1-2-14-42-37(13-1)29-36-46-44(42)20-12-21-45(46)47-15-3-7-23-52(47)57(39-30-27-38(28-31-39)43-19-11-22-51-50-18-6-10-26-55(50)59-56(43)51)40-32-34-41(35-33-40)58-53-24-8-4-16-48(53)49-17-5-9-25-54(49)58/h1-36H. The fourth-order valence-electron chi connectivity index (χ4n) is 9.31. The van der Waals surface area contributed by atoms with E-state index in [4.69, 9.17) is 4.42 Å². The lowest BCUT2D eigenvalue weighted by atomic mass is 9.93. The van der Waals surface area contributed by atoms with Gasteiger partial charge in [0, 0.05) is 49.7 Å². The number of furan rings is 1. The first-order valence-corrected chi connectivity index (χ1v) is 20.2. The van der Waals surface area contributed by atoms with Crippen LogP contribution in [0.5, 0.6) is 0 Å². The number of anilines is 3. The molecule has 0 atom stereocenters. The van der Waals surface area contributed by atoms with Crippen molar-refractivity contribution < 1.29 is 4.42 Å². The van der Waals surface area contributed by atoms with Crippen LogP contribution in [0.2, 0.25) is 0 Å². The maximum Gasteiger partial charge on any atom is 0.143 e. The molecule has 2 heterocycles. The number of hydrogen-bond acceptors (Lipinski definition) is 2. The minimum absolute atomic E-state index is 0.903. The summed E-state index contributed by atoms with van der Waals surface area (Å²) in [5, 5.41) is 9.76. The van der Waals surface area contributed by atoms with E-state index in [1.807, 2.05) is 12.1 Å². The molecular formula is C56H36N2O. The van der Waals surface area contributed by atoms with Gasteiger partial charge < -0.3 is 13.9 Å². The molecule has 0 bridgehead atoms. The van der Waals surface area contributed by atoms with Gasteiger partial charge in [0.05, 0.1) is 16.7 Å². The second kappa shape index (κ2) is 13.4. The molecule has 12 rings (SSSR count). The molecule has 276 valence electrons. The van der Waals surface area contributed by atoms with E-state index in [-0.39, 0.29) is 0 Å². The van der Waals surface area contributed by atoms with Crippen LogP contribution in [0, 0.1) is 0 Å². The molecule has 0 saturated carbocycles. The van der Waals surface area contributed by atoms with Crippen LogP contribution in [0.25, 0.3) is 93.2 Å². The third kappa shape index (κ3) is 5.29. The zero-order valence-corrected chi connectivity index (χ0v) is 32.1. The van der Waals surface area contributed by atoms with E-state index in [0.29, 0.717) is 0 Å². The van der Waals surface area contributed by atoms with Gasteiger partial charge in [-0.3, -0.25) is 0 Å². The molecule has 0 saturated heterocycles. The van der Waals surface area contributed by atoms with Crippen LogP contribution in [-0.2, 0) is 0 Å². The number of benzene rings is 10. The average molecular weight is 753 g/mol. The molecule has 12 aromatic rings. The highest BCUT2D eigenvalue weighted by molar-refractivity contribution is 6.14. The highest BCUT2D eigenvalue weighted by Crippen LogP contribution is 2.45. The first-order chi connectivity index (χ1) is 29.3. The molecule has 0 N–H and O–H groups in total. The lowest BCUT2D eigenvalue weighted by molar-refractivity contribution is 0.670. The van der Waals surface area contributed by atoms with Gasteiger partial charge in [-0.2, -0.15) is 0 Å². The van der Waals surface area contributed by atoms with Crippen molar-refractivity contribution in [2.75, 3.05) is 4.90 Å². The molecule has 0 amide bonds. The Morgan fingerprint density at radius 2 is 0.898 bits per heavy atom. The van der Waals surface area contributed by atoms with E-state index in [9.17, 15) is 0 Å². The normalized spacial score (nSPS) is 11.7. The molecular weight excluding hydrogens is 717 g/mol. The maximum atomic E-state index is 6.46. The highest BCUT2D eigenvalue weighted by atomic mass is 16.3. The van der Waals surface area contributed by atoms with Gasteiger partial charge in [-0.05, 0) is 93.3 Å². The third-order valence-corrected chi connectivity index (χ3v) is 12.0. The minimum atomic E-state index is 0.903. The van der Waals surface area contributed by atoms with Crippen molar-refractivity contribution in [3.05, 3.63) is 218 Å². The van der Waals surface area contributed by atoms with Gasteiger partial charge in [0.15, 0.2) is 0 Å². The Morgan fingerprint density at radius 1 is 0.339 bits per heavy atom. The lowest BCUT2D eigenvalue weighted by Gasteiger charge is -2.28. The summed E-state index contributed by atoms with van der Waals surface area (Å²) < 4.78 is 8.84. The summed E-state index contributed by atoms with van der Waals surface area (Å²) >= 11 is 0. The molecule has 2 aromatic heterocycles. The SMILES string of the molecule is c1ccc(N(c2ccc(-c3cccc4c3oc3ccccc34)cc2)c2ccc(-n3c4ccccc4c4ccccc43)cc2)c(-c2cccc3c2ccc2ccccc23)c1. The van der Waals surface area contributed by atoms with E-state index >= 15 is 0 Å². The number of rotatable bonds is 6. The number of nitrogens with zero attached hydrogens (tertiary/aromatic N) is 2. The molecule has 10 aromatic carbocycles. The molecule has 0 fully saturated rings. The Kier molecular flexibility index (Phi) is 7.54. The Bertz CT molecular complexity index is 3500. The van der Waals surface area contributed by atoms with Gasteiger partial charge in [-0.1, -0.05) is 158 Å². The molecule has 0 radical (unpaired) electrons. The van der Waals surface area contributed by atoms with Crippen LogP contribution in [0.1, 0.15) is 0 Å². The summed E-state index contributed by atoms with van der Waals surface area (Å²) in [6, 6.07) is 78.7. The second-order valence-corrected chi connectivity index (χ2v) is 15.3. The smallest absolute Gasteiger partial charge is 0.143 e. The van der Waals surface area contributed by atoms with E-state index in [1.54, 1.807) is 0 Å². The van der Waals surface area contributed by atoms with Gasteiger partial charge >= 0.3 is 0 Å². The number of para-hydroxylation sites is 5. The Balaban J connectivity index is 1.03. The van der Waals surface area contributed by atoms with Crippen LogP contribution in [0.4, 0.5) is 17.1 Å². The quantitative estimate of drug-likeness (QED) is 0.158. The number of hydrogen-bond donors (Lipinski definition) is 0. The van der Waals surface area contributed by atoms with E-state index < -0.39 is 0 Å². The first-order valence-electron chi connectivity index (χ1n) is 20.2. The zero-order chi connectivity index (χ0) is 38.9. The van der Waals surface area contributed by atoms with Crippen LogP contribution < -0.4 is 4.90 Å². The van der Waals surface area contributed by atoms with Gasteiger partial charge in [0.1, 0.15) is 11.2 Å². The van der Waals surface area contributed by atoms with Crippen molar-refractivity contribution >= 4 is 82.4 Å². The zero-order valence-electron chi connectivity index (χ0n) is 32.1. The Morgan fingerprint density at radius 3 is 1.66 bits per heavy atom. The summed E-state index contributed by atoms with van der Waals surface area (Å²) in [6.07, 6.45) is 0. The molecule has 0 aliphatic heterocycles. The summed E-state index contributed by atoms with van der Waals surface area (Å²) in [7, 11) is 0. The average Bonchev–Trinajstić information content (AvgIpc) is 3.86. The van der Waals surface area contributed by atoms with E-state index in [2.05, 4.69) is 216 Å². The highest BCUT2D eigenvalue weighted by Gasteiger charge is 2.20. The van der Waals surface area contributed by atoms with Crippen LogP contribution in [0.15, 0.2) is 223 Å². The number of aromatic nitrogens is 1. The van der Waals surface area contributed by atoms with Gasteiger partial charge in [-0.25, -0.2) is 0 Å². The van der Waals surface area contributed by atoms with Crippen LogP contribution in [0.3, 0.4) is 0 Å². The summed E-state index contributed by atoms with van der Waals surface area (Å²) in [4.78, 5) is 2.40. The fraction of sp³-hybridized carbons (Fsp3) is 0. The third-order valence-electron chi connectivity index (χ3n) is 12.0. The van der Waals surface area contributed by atoms with E-state index in [0.717, 1.165) is 61.4 Å². The molecule has 3 heteroatoms. The van der Waals surface area contributed by atoms with Crippen LogP contribution >= 0.6 is 0 Å². The van der Waals surface area contributed by atoms with E-state index in [1.165, 1.54) is 48.9 Å². The minimum Gasteiger partial charge on any atom is -0.455 e. The maximum absolute atomic E-state index is 6.46. The van der Waals surface area contributed by atoms with Crippen LogP contribution in [-0.4, -0.2) is 4.57 Å². The van der Waals surface area contributed by atoms with Crippen molar-refractivity contribution in [1.29, 1.82) is 0 Å². The predicted octanol–water partition coefficient (Wildman–Crippen LogP) is 15.8. The molecule has 0 unspecified atom stereocenters. The fourth-order valence-corrected chi connectivity index (χ4v) is 9.31. The Labute approximate surface area is 341 Å². The first kappa shape index (κ1) is 33.3. The van der Waals surface area contributed by atoms with Gasteiger partial charge in [0.25, 0.3) is 0 Å². The second-order valence-electron chi connectivity index (χ2n) is 15.3. The summed E-state index contributed by atoms with van der Waals surface area (Å²) in [6.45, 7) is 0. The van der Waals surface area contributed by atoms with Gasteiger partial charge in [-0.15, -0.1) is 0 Å². The van der Waals surface area contributed by atoms with Crippen molar-refractivity contribution in [3.63, 3.8) is 0 Å². The number of fused-ring (bicyclic) bond motifs is 9. The Hall–Kier alpha value is -7.88. The van der Waals surface area contributed by atoms with Crippen molar-refractivity contribution in [1.82, 2.24) is 4.57 Å². The topological polar surface area (TPSA) is 21.3 Å². The molecule has 0 spiro atoms. The molecule has 3 nitrogen and oxygen atoms in total. The predicted molar refractivity (Wildman–Crippen MR) is 249 cm³/mol. The summed E-state index contributed by atoms with van der Waals surface area (Å²) in [5.74, 6) is 0. The van der Waals surface area contributed by atoms with Crippen molar-refractivity contribution in [2.24, 2.45) is 0 Å². The monoisotopic (exact) mass is 752 g/mol. The molecule has 59 heavy (non-hydrogen) atoms. The molecule has 0 aliphatic rings.